The first-order valence-electron chi connectivity index (χ1n) is 8.95. The summed E-state index contributed by atoms with van der Waals surface area (Å²) in [6, 6.07) is 17.5. The largest absolute Gasteiger partial charge is 0.326 e. The van der Waals surface area contributed by atoms with E-state index >= 15 is 0 Å². The smallest absolute Gasteiger partial charge is 0.238 e. The topological polar surface area (TPSA) is 106 Å². The van der Waals surface area contributed by atoms with Crippen LogP contribution in [0.25, 0.3) is 0 Å². The average Bonchev–Trinajstić information content (AvgIpc) is 2.67. The third-order valence-electron chi connectivity index (χ3n) is 4.34. The molecule has 3 aromatic carbocycles. The Morgan fingerprint density at radius 3 is 2.17 bits per heavy atom. The molecule has 3 rings (SSSR count). The van der Waals surface area contributed by atoms with Gasteiger partial charge in [0.2, 0.25) is 15.9 Å². The van der Waals surface area contributed by atoms with Gasteiger partial charge in [-0.15, -0.1) is 0 Å². The van der Waals surface area contributed by atoms with Gasteiger partial charge in [0.15, 0.2) is 5.78 Å². The van der Waals surface area contributed by atoms with Gasteiger partial charge >= 0.3 is 0 Å². The molecule has 30 heavy (non-hydrogen) atoms. The fourth-order valence-electron chi connectivity index (χ4n) is 2.98. The lowest BCUT2D eigenvalue weighted by Crippen LogP contribution is -2.16. The standard InChI is InChI=1S/C22H19ClN2O4S/c1-14-10-15(12-17(11-14)22(27)16-2-4-18(23)5-3-16)13-21(26)25-19-6-8-20(9-7-19)30(24,28)29/h2-12H,13H2,1H3,(H,25,26)(H2,24,28,29). The third-order valence-corrected chi connectivity index (χ3v) is 5.52. The second-order valence-electron chi connectivity index (χ2n) is 6.84. The Balaban J connectivity index is 1.74. The van der Waals surface area contributed by atoms with E-state index in [0.29, 0.717) is 27.4 Å². The summed E-state index contributed by atoms with van der Waals surface area (Å²) in [6.45, 7) is 1.85. The van der Waals surface area contributed by atoms with Gasteiger partial charge in [0.05, 0.1) is 11.3 Å². The lowest BCUT2D eigenvalue weighted by Gasteiger charge is -2.09. The predicted molar refractivity (Wildman–Crippen MR) is 116 cm³/mol. The zero-order valence-corrected chi connectivity index (χ0v) is 17.6. The summed E-state index contributed by atoms with van der Waals surface area (Å²) in [5.74, 6) is -0.454. The molecule has 0 aliphatic carbocycles. The monoisotopic (exact) mass is 442 g/mol. The second-order valence-corrected chi connectivity index (χ2v) is 8.84. The summed E-state index contributed by atoms with van der Waals surface area (Å²) in [5.41, 5.74) is 2.98. The van der Waals surface area contributed by atoms with Crippen LogP contribution in [-0.4, -0.2) is 20.1 Å². The van der Waals surface area contributed by atoms with Crippen LogP contribution in [0.2, 0.25) is 5.02 Å². The molecule has 0 aliphatic rings. The van der Waals surface area contributed by atoms with Gasteiger partial charge in [-0.1, -0.05) is 23.2 Å². The molecular weight excluding hydrogens is 424 g/mol. The van der Waals surface area contributed by atoms with Crippen molar-refractivity contribution >= 4 is 39.0 Å². The molecular formula is C22H19ClN2O4S. The summed E-state index contributed by atoms with van der Waals surface area (Å²) in [6.07, 6.45) is 0.0551. The van der Waals surface area contributed by atoms with Gasteiger partial charge in [-0.2, -0.15) is 0 Å². The zero-order valence-electron chi connectivity index (χ0n) is 16.1. The molecule has 154 valence electrons. The number of aryl methyl sites for hydroxylation is 1. The number of halogens is 1. The average molecular weight is 443 g/mol. The van der Waals surface area contributed by atoms with Gasteiger partial charge in [0, 0.05) is 21.8 Å². The number of ketones is 1. The minimum absolute atomic E-state index is 0.0375. The Labute approximate surface area is 179 Å². The molecule has 0 saturated heterocycles. The van der Waals surface area contributed by atoms with E-state index in [1.165, 1.54) is 24.3 Å². The van der Waals surface area contributed by atoms with E-state index in [9.17, 15) is 18.0 Å². The van der Waals surface area contributed by atoms with Crippen molar-refractivity contribution < 1.29 is 18.0 Å². The highest BCUT2D eigenvalue weighted by Gasteiger charge is 2.13. The second kappa shape index (κ2) is 8.79. The summed E-state index contributed by atoms with van der Waals surface area (Å²) >= 11 is 5.88. The number of carbonyl (C=O) groups excluding carboxylic acids is 2. The summed E-state index contributed by atoms with van der Waals surface area (Å²) in [5, 5.41) is 8.31. The molecule has 0 spiro atoms. The molecule has 0 saturated carbocycles. The number of hydrogen-bond acceptors (Lipinski definition) is 4. The van der Waals surface area contributed by atoms with Gasteiger partial charge in [-0.3, -0.25) is 9.59 Å². The lowest BCUT2D eigenvalue weighted by atomic mass is 9.98. The highest BCUT2D eigenvalue weighted by molar-refractivity contribution is 7.89. The van der Waals surface area contributed by atoms with E-state index in [0.717, 1.165) is 5.56 Å². The number of amides is 1. The molecule has 0 unspecified atom stereocenters. The maximum absolute atomic E-state index is 12.7. The minimum Gasteiger partial charge on any atom is -0.326 e. The van der Waals surface area contributed by atoms with Crippen molar-refractivity contribution in [1.82, 2.24) is 0 Å². The van der Waals surface area contributed by atoms with Crippen molar-refractivity contribution in [2.24, 2.45) is 5.14 Å². The van der Waals surface area contributed by atoms with E-state index in [4.69, 9.17) is 16.7 Å². The van der Waals surface area contributed by atoms with Crippen LogP contribution in [-0.2, 0) is 21.2 Å². The van der Waals surface area contributed by atoms with Gasteiger partial charge in [-0.25, -0.2) is 13.6 Å². The molecule has 0 aliphatic heterocycles. The maximum Gasteiger partial charge on any atom is 0.238 e. The van der Waals surface area contributed by atoms with Crippen molar-refractivity contribution in [2.45, 2.75) is 18.2 Å². The summed E-state index contributed by atoms with van der Waals surface area (Å²) in [4.78, 5) is 25.1. The molecule has 8 heteroatoms. The highest BCUT2D eigenvalue weighted by atomic mass is 35.5. The Hall–Kier alpha value is -3.00. The van der Waals surface area contributed by atoms with E-state index < -0.39 is 10.0 Å². The molecule has 3 aromatic rings. The quantitative estimate of drug-likeness (QED) is 0.567. The van der Waals surface area contributed by atoms with Gasteiger partial charge in [-0.05, 0) is 73.2 Å². The van der Waals surface area contributed by atoms with Gasteiger partial charge in [0.25, 0.3) is 0 Å². The van der Waals surface area contributed by atoms with Crippen molar-refractivity contribution in [3.05, 3.63) is 94.0 Å². The first-order valence-corrected chi connectivity index (χ1v) is 10.9. The van der Waals surface area contributed by atoms with E-state index in [-0.39, 0.29) is 23.0 Å². The minimum atomic E-state index is -3.79. The molecule has 0 heterocycles. The lowest BCUT2D eigenvalue weighted by molar-refractivity contribution is -0.115. The van der Waals surface area contributed by atoms with Crippen molar-refractivity contribution in [3.63, 3.8) is 0 Å². The third kappa shape index (κ3) is 5.54. The van der Waals surface area contributed by atoms with Crippen LogP contribution in [0.5, 0.6) is 0 Å². The number of hydrogen-bond donors (Lipinski definition) is 2. The Bertz CT molecular complexity index is 1200. The van der Waals surface area contributed by atoms with Crippen molar-refractivity contribution in [3.8, 4) is 0 Å². The van der Waals surface area contributed by atoms with E-state index in [2.05, 4.69) is 5.32 Å². The van der Waals surface area contributed by atoms with Crippen LogP contribution in [0.15, 0.2) is 71.6 Å². The van der Waals surface area contributed by atoms with Crippen LogP contribution in [0, 0.1) is 6.92 Å². The maximum atomic E-state index is 12.7. The van der Waals surface area contributed by atoms with E-state index in [1.807, 2.05) is 13.0 Å². The predicted octanol–water partition coefficient (Wildman–Crippen LogP) is 3.71. The molecule has 6 nitrogen and oxygen atoms in total. The molecule has 0 radical (unpaired) electrons. The number of rotatable bonds is 6. The van der Waals surface area contributed by atoms with Crippen LogP contribution in [0.3, 0.4) is 0 Å². The number of carbonyl (C=O) groups is 2. The highest BCUT2D eigenvalue weighted by Crippen LogP contribution is 2.18. The Kier molecular flexibility index (Phi) is 6.36. The van der Waals surface area contributed by atoms with Gasteiger partial charge < -0.3 is 5.32 Å². The van der Waals surface area contributed by atoms with Crippen molar-refractivity contribution in [1.29, 1.82) is 0 Å². The van der Waals surface area contributed by atoms with Crippen LogP contribution in [0.1, 0.15) is 27.0 Å². The molecule has 0 bridgehead atoms. The Morgan fingerprint density at radius 1 is 0.933 bits per heavy atom. The summed E-state index contributed by atoms with van der Waals surface area (Å²) < 4.78 is 22.6. The van der Waals surface area contributed by atoms with Crippen molar-refractivity contribution in [2.75, 3.05) is 5.32 Å². The van der Waals surface area contributed by atoms with Crippen LogP contribution < -0.4 is 10.5 Å². The summed E-state index contributed by atoms with van der Waals surface area (Å²) in [7, 11) is -3.79. The SMILES string of the molecule is Cc1cc(CC(=O)Nc2ccc(S(N)(=O)=O)cc2)cc(C(=O)c2ccc(Cl)cc2)c1. The van der Waals surface area contributed by atoms with E-state index in [1.54, 1.807) is 36.4 Å². The number of sulfonamides is 1. The number of anilines is 1. The number of nitrogens with two attached hydrogens (primary N) is 1. The number of nitrogens with one attached hydrogen (secondary N) is 1. The fraction of sp³-hybridized carbons (Fsp3) is 0.0909. The van der Waals surface area contributed by atoms with Crippen LogP contribution >= 0.6 is 11.6 Å². The molecule has 1 amide bonds. The molecule has 3 N–H and O–H groups in total. The molecule has 0 aromatic heterocycles. The zero-order chi connectivity index (χ0) is 21.9. The van der Waals surface area contributed by atoms with Crippen LogP contribution in [0.4, 0.5) is 5.69 Å². The molecule has 0 atom stereocenters. The molecule has 0 fully saturated rings. The normalized spacial score (nSPS) is 11.2. The van der Waals surface area contributed by atoms with Gasteiger partial charge in [0.1, 0.15) is 0 Å². The first-order chi connectivity index (χ1) is 14.1. The number of benzene rings is 3. The fourth-order valence-corrected chi connectivity index (χ4v) is 3.62. The first kappa shape index (κ1) is 21.7. The Morgan fingerprint density at radius 2 is 1.57 bits per heavy atom. The number of primary sulfonamides is 1.